The second-order valence-corrected chi connectivity index (χ2v) is 28.4. The van der Waals surface area contributed by atoms with Gasteiger partial charge >= 0.3 is 23.5 Å². The molecular formula is C57H79N9O17P3+. The SMILES string of the molecule is CCN1c2cc3c(cc2C(C)CC1(C)C)C(c1ccccc1C(=O)N(C)CCCC(=O)NCCCCCCOP(=O)(O)OP(=O)(O)OP(=O)(O)OC[C@H]1O[C@@H](n2cnc4c(=O)[nH]c(N)nc42)[C@H](O)[C@@H]1O)=c1cc2c(cc1O3)=[N+](CC)C(C)(C)CC2C. The summed E-state index contributed by atoms with van der Waals surface area (Å²) >= 11 is 0. The Bertz CT molecular complexity index is 3760. The minimum atomic E-state index is -5.83. The van der Waals surface area contributed by atoms with E-state index >= 15 is 0 Å². The summed E-state index contributed by atoms with van der Waals surface area (Å²) in [6, 6.07) is 16.7. The minimum absolute atomic E-state index is 0.0539. The first-order valence-corrected chi connectivity index (χ1v) is 33.5. The summed E-state index contributed by atoms with van der Waals surface area (Å²) in [5.41, 5.74) is 11.4. The molecule has 0 aliphatic carbocycles. The molecule has 6 heterocycles. The second kappa shape index (κ2) is 25.4. The van der Waals surface area contributed by atoms with E-state index in [9.17, 15) is 53.0 Å². The summed E-state index contributed by atoms with van der Waals surface area (Å²) in [7, 11) is -15.0. The summed E-state index contributed by atoms with van der Waals surface area (Å²) in [5, 5.41) is 26.2. The fourth-order valence-corrected chi connectivity index (χ4v) is 16.3. The lowest BCUT2D eigenvalue weighted by Crippen LogP contribution is -2.52. The topological polar surface area (TPSA) is 353 Å². The van der Waals surface area contributed by atoms with Crippen molar-refractivity contribution in [2.24, 2.45) is 0 Å². The molecule has 26 nitrogen and oxygen atoms in total. The maximum absolute atomic E-state index is 14.7. The first-order chi connectivity index (χ1) is 40.4. The number of imidazole rings is 1. The third-order valence-corrected chi connectivity index (χ3v) is 20.8. The molecule has 0 bridgehead atoms. The quantitative estimate of drug-likeness (QED) is 0.0190. The Hall–Kier alpha value is -5.69. The molecule has 1 saturated heterocycles. The van der Waals surface area contributed by atoms with Gasteiger partial charge in [-0.2, -0.15) is 13.6 Å². The first-order valence-electron chi connectivity index (χ1n) is 29.0. The van der Waals surface area contributed by atoms with Crippen LogP contribution in [0.3, 0.4) is 0 Å². The molecule has 2 aromatic heterocycles. The Kier molecular flexibility index (Phi) is 19.1. The number of rotatable bonds is 24. The van der Waals surface area contributed by atoms with E-state index < -0.39 is 66.8 Å². The third kappa shape index (κ3) is 13.8. The third-order valence-electron chi connectivity index (χ3n) is 16.6. The van der Waals surface area contributed by atoms with Gasteiger partial charge in [0.1, 0.15) is 36.4 Å². The zero-order valence-electron chi connectivity index (χ0n) is 49.8. The maximum atomic E-state index is 14.7. The van der Waals surface area contributed by atoms with Crippen molar-refractivity contribution in [1.82, 2.24) is 34.3 Å². The monoisotopic (exact) mass is 1250 g/mol. The highest BCUT2D eigenvalue weighted by molar-refractivity contribution is 7.66. The number of fused-ring (bicyclic) bond motifs is 5. The van der Waals surface area contributed by atoms with Gasteiger partial charge in [-0.05, 0) is 108 Å². The molecule has 9 atom stereocenters. The molecule has 5 aromatic rings. The summed E-state index contributed by atoms with van der Waals surface area (Å²) in [6.45, 7) is 19.0. The molecule has 4 aliphatic rings. The van der Waals surface area contributed by atoms with Gasteiger partial charge in [0, 0.05) is 84.3 Å². The van der Waals surface area contributed by atoms with E-state index in [0.717, 1.165) is 81.3 Å². The number of phosphoric acid groups is 3. The summed E-state index contributed by atoms with van der Waals surface area (Å²) in [4.78, 5) is 84.3. The lowest BCUT2D eigenvalue weighted by atomic mass is 9.77. The van der Waals surface area contributed by atoms with Gasteiger partial charge in [0.05, 0.1) is 25.6 Å². The van der Waals surface area contributed by atoms with Gasteiger partial charge in [0.2, 0.25) is 17.2 Å². The van der Waals surface area contributed by atoms with E-state index in [2.05, 4.69) is 123 Å². The van der Waals surface area contributed by atoms with Crippen molar-refractivity contribution in [3.63, 3.8) is 0 Å². The molecule has 0 saturated carbocycles. The van der Waals surface area contributed by atoms with Crippen molar-refractivity contribution >= 4 is 63.7 Å². The number of phosphoric ester groups is 2. The standard InChI is InChI=1S/C57H78N9O17P3/c1-10-65-41-27-43-39(25-37(41)33(3)29-56(65,5)6)47(40-26-38-34(4)30-57(7,8)66(11-2)42(38)28-44(40)80-43)35-19-14-15-20-36(35)53(71)63(9)23-18-21-46(67)59-22-16-12-13-17-24-78-84(72,73)82-86(76,77)83-85(74,75)79-31-45-49(68)50(69)54(81-45)64-32-60-48-51(64)61-55(58)62-52(48)70/h14-15,19-20,25-28,32-34,45,49-50,54,68-69H,10-13,16-18,21-24,29-31H2,1-9H3,(H6-,58,59,61,62,67,70,72,73,74,75,76,77)/p+1/t33?,34?,45-,49-,50-,54-/m1/s1. The van der Waals surface area contributed by atoms with Crippen LogP contribution in [-0.2, 0) is 40.9 Å². The first kappa shape index (κ1) is 64.8. The predicted molar refractivity (Wildman–Crippen MR) is 319 cm³/mol. The highest BCUT2D eigenvalue weighted by atomic mass is 31.3. The molecule has 5 unspecified atom stereocenters. The van der Waals surface area contributed by atoms with Gasteiger partial charge < -0.3 is 55.2 Å². The van der Waals surface area contributed by atoms with Crippen molar-refractivity contribution in [2.75, 3.05) is 57.1 Å². The number of nitrogens with one attached hydrogen (secondary N) is 2. The molecule has 86 heavy (non-hydrogen) atoms. The number of aliphatic hydroxyl groups is 2. The second-order valence-electron chi connectivity index (χ2n) is 23.8. The molecule has 29 heteroatoms. The number of nitrogens with two attached hydrogens (primary N) is 1. The summed E-state index contributed by atoms with van der Waals surface area (Å²) in [6.07, 6.45) is -1.20. The Labute approximate surface area is 497 Å². The van der Waals surface area contributed by atoms with Crippen molar-refractivity contribution in [1.29, 1.82) is 0 Å². The normalized spacial score (nSPS) is 23.3. The number of amides is 2. The number of H-pyrrole nitrogens is 1. The Morgan fingerprint density at radius 1 is 0.884 bits per heavy atom. The number of nitrogens with zero attached hydrogens (tertiary/aromatic N) is 6. The van der Waals surface area contributed by atoms with Crippen molar-refractivity contribution in [2.45, 2.75) is 154 Å². The number of benzene rings is 3. The van der Waals surface area contributed by atoms with Crippen LogP contribution in [0.25, 0.3) is 16.7 Å². The number of carbonyl (C=O) groups is 2. The molecule has 4 aliphatic heterocycles. The lowest BCUT2D eigenvalue weighted by Gasteiger charge is -2.47. The van der Waals surface area contributed by atoms with Crippen molar-refractivity contribution in [3.05, 3.63) is 104 Å². The van der Waals surface area contributed by atoms with E-state index in [0.29, 0.717) is 44.3 Å². The van der Waals surface area contributed by atoms with Crippen LogP contribution in [0.4, 0.5) is 11.6 Å². The van der Waals surface area contributed by atoms with Crippen LogP contribution in [-0.4, -0.2) is 137 Å². The van der Waals surface area contributed by atoms with Crippen LogP contribution in [0, 0.1) is 0 Å². The zero-order valence-corrected chi connectivity index (χ0v) is 52.5. The highest BCUT2D eigenvalue weighted by Gasteiger charge is 2.48. The highest BCUT2D eigenvalue weighted by Crippen LogP contribution is 2.68. The molecule has 468 valence electrons. The van der Waals surface area contributed by atoms with E-state index in [1.807, 2.05) is 24.3 Å². The maximum Gasteiger partial charge on any atom is 0.490 e. The van der Waals surface area contributed by atoms with Crippen LogP contribution >= 0.6 is 23.5 Å². The number of aromatic nitrogens is 4. The number of ether oxygens (including phenoxy) is 2. The number of hydrogen-bond acceptors (Lipinski definition) is 18. The Morgan fingerprint density at radius 3 is 2.30 bits per heavy atom. The van der Waals surface area contributed by atoms with Crippen LogP contribution < -0.4 is 41.4 Å². The van der Waals surface area contributed by atoms with Crippen LogP contribution in [0.15, 0.2) is 59.7 Å². The smallest absolute Gasteiger partial charge is 0.456 e. The van der Waals surface area contributed by atoms with Crippen LogP contribution in [0.5, 0.6) is 11.5 Å². The van der Waals surface area contributed by atoms with Gasteiger partial charge in [0.25, 0.3) is 11.5 Å². The largest absolute Gasteiger partial charge is 0.490 e. The fourth-order valence-electron chi connectivity index (χ4n) is 12.8. The molecule has 1 fully saturated rings. The number of aromatic amines is 1. The van der Waals surface area contributed by atoms with Gasteiger partial charge in [0.15, 0.2) is 22.9 Å². The Morgan fingerprint density at radius 2 is 1.58 bits per heavy atom. The predicted octanol–water partition coefficient (Wildman–Crippen LogP) is 6.18. The van der Waals surface area contributed by atoms with Gasteiger partial charge in [-0.15, -0.1) is 0 Å². The zero-order chi connectivity index (χ0) is 62.4. The van der Waals surface area contributed by atoms with Crippen molar-refractivity contribution < 1.29 is 75.3 Å². The number of aliphatic hydroxyl groups excluding tert-OH is 2. The average Bonchev–Trinajstić information content (AvgIpc) is 0.948. The Balaban J connectivity index is 0.742. The average molecular weight is 1260 g/mol. The number of hydrogen-bond donors (Lipinski definition) is 8. The number of unbranched alkanes of at least 4 members (excludes halogenated alkanes) is 3. The number of carbonyl (C=O) groups excluding carboxylic acids is 2. The molecule has 0 radical (unpaired) electrons. The molecule has 9 rings (SSSR count). The van der Waals surface area contributed by atoms with E-state index in [1.165, 1.54) is 11.1 Å². The van der Waals surface area contributed by atoms with Crippen LogP contribution in [0.2, 0.25) is 0 Å². The van der Waals surface area contributed by atoms with Crippen molar-refractivity contribution in [3.8, 4) is 11.5 Å². The minimum Gasteiger partial charge on any atom is -0.456 e. The summed E-state index contributed by atoms with van der Waals surface area (Å²) in [5.74, 6) is 1.40. The van der Waals surface area contributed by atoms with E-state index in [4.69, 9.17) is 19.7 Å². The number of anilines is 2. The number of nitrogen functional groups attached to an aromatic ring is 1. The molecule has 2 amide bonds. The molecular weight excluding hydrogens is 1180 g/mol. The van der Waals surface area contributed by atoms with Gasteiger partial charge in [-0.25, -0.2) is 23.3 Å². The summed E-state index contributed by atoms with van der Waals surface area (Å²) < 4.78 is 71.5. The van der Waals surface area contributed by atoms with E-state index in [-0.39, 0.29) is 64.7 Å². The molecule has 3 aromatic carbocycles. The van der Waals surface area contributed by atoms with E-state index in [1.54, 1.807) is 11.9 Å². The fraction of sp³-hybridized carbons (Fsp3) is 0.544. The van der Waals surface area contributed by atoms with Crippen LogP contribution in [0.1, 0.15) is 157 Å². The van der Waals surface area contributed by atoms with Gasteiger partial charge in [-0.3, -0.25) is 33.0 Å². The lowest BCUT2D eigenvalue weighted by molar-refractivity contribution is -0.121. The molecule has 0 spiro atoms. The molecule has 9 N–H and O–H groups in total. The van der Waals surface area contributed by atoms with Gasteiger partial charge in [-0.1, -0.05) is 44.9 Å².